The van der Waals surface area contributed by atoms with E-state index < -0.39 is 0 Å². The summed E-state index contributed by atoms with van der Waals surface area (Å²) in [5.74, 6) is 0.897. The van der Waals surface area contributed by atoms with E-state index in [1.807, 2.05) is 6.92 Å². The second kappa shape index (κ2) is 5.71. The van der Waals surface area contributed by atoms with Crippen molar-refractivity contribution in [3.8, 4) is 0 Å². The van der Waals surface area contributed by atoms with Crippen LogP contribution in [0.3, 0.4) is 0 Å². The van der Waals surface area contributed by atoms with Crippen LogP contribution in [0.2, 0.25) is 0 Å². The van der Waals surface area contributed by atoms with Gasteiger partial charge in [-0.25, -0.2) is 9.97 Å². The topological polar surface area (TPSA) is 46.8 Å². The lowest BCUT2D eigenvalue weighted by atomic mass is 9.98. The molecule has 2 aromatic heterocycles. The molecule has 2 aliphatic heterocycles. The van der Waals surface area contributed by atoms with Gasteiger partial charge >= 0.3 is 0 Å². The third-order valence-corrected chi connectivity index (χ3v) is 5.44. The van der Waals surface area contributed by atoms with Crippen LogP contribution in [0.4, 0.5) is 0 Å². The molecule has 4 rings (SSSR count). The van der Waals surface area contributed by atoms with Crippen LogP contribution in [0.1, 0.15) is 60.6 Å². The lowest BCUT2D eigenvalue weighted by Crippen LogP contribution is -2.37. The molecule has 1 saturated heterocycles. The second-order valence-electron chi connectivity index (χ2n) is 6.92. The maximum absolute atomic E-state index is 4.69. The van der Waals surface area contributed by atoms with Crippen LogP contribution in [0.5, 0.6) is 0 Å². The van der Waals surface area contributed by atoms with Crippen LogP contribution >= 0.6 is 0 Å². The summed E-state index contributed by atoms with van der Waals surface area (Å²) in [7, 11) is 0. The van der Waals surface area contributed by atoms with Crippen LogP contribution in [-0.4, -0.2) is 30.7 Å². The Hall–Kier alpha value is -1.75. The van der Waals surface area contributed by atoms with E-state index in [-0.39, 0.29) is 0 Å². The Labute approximate surface area is 137 Å². The largest absolute Gasteiger partial charge is 0.288 e. The number of aryl methyl sites for hydroxylation is 2. The van der Waals surface area contributed by atoms with E-state index in [1.165, 1.54) is 35.4 Å². The van der Waals surface area contributed by atoms with Crippen molar-refractivity contribution in [2.75, 3.05) is 0 Å². The van der Waals surface area contributed by atoms with Crippen molar-refractivity contribution < 1.29 is 0 Å². The SMILES string of the molecule is CCCn1ncc(CN2[C@@H]3CC[C@@H]2c2cnc(C)nc2C3)c1C. The summed E-state index contributed by atoms with van der Waals surface area (Å²) >= 11 is 0. The van der Waals surface area contributed by atoms with Gasteiger partial charge in [-0.1, -0.05) is 6.92 Å². The molecule has 0 amide bonds. The van der Waals surface area contributed by atoms with Gasteiger partial charge in [-0.2, -0.15) is 5.10 Å². The minimum absolute atomic E-state index is 0.485. The average molecular weight is 311 g/mol. The minimum atomic E-state index is 0.485. The highest BCUT2D eigenvalue weighted by molar-refractivity contribution is 5.29. The average Bonchev–Trinajstić information content (AvgIpc) is 3.01. The fraction of sp³-hybridized carbons (Fsp3) is 0.611. The van der Waals surface area contributed by atoms with Gasteiger partial charge < -0.3 is 0 Å². The molecule has 4 heterocycles. The predicted molar refractivity (Wildman–Crippen MR) is 89.0 cm³/mol. The highest BCUT2D eigenvalue weighted by atomic mass is 15.3. The lowest BCUT2D eigenvalue weighted by molar-refractivity contribution is 0.165. The third-order valence-electron chi connectivity index (χ3n) is 5.44. The fourth-order valence-corrected chi connectivity index (χ4v) is 4.19. The summed E-state index contributed by atoms with van der Waals surface area (Å²) in [4.78, 5) is 11.8. The summed E-state index contributed by atoms with van der Waals surface area (Å²) in [5.41, 5.74) is 5.31. The van der Waals surface area contributed by atoms with E-state index in [0.717, 1.165) is 31.8 Å². The first-order chi connectivity index (χ1) is 11.2. The maximum Gasteiger partial charge on any atom is 0.125 e. The lowest BCUT2D eigenvalue weighted by Gasteiger charge is -2.35. The van der Waals surface area contributed by atoms with Crippen LogP contribution in [0.15, 0.2) is 12.4 Å². The summed E-state index contributed by atoms with van der Waals surface area (Å²) in [6, 6.07) is 1.11. The molecule has 0 aliphatic carbocycles. The molecule has 0 radical (unpaired) electrons. The van der Waals surface area contributed by atoms with Crippen molar-refractivity contribution in [3.63, 3.8) is 0 Å². The molecule has 0 N–H and O–H groups in total. The van der Waals surface area contributed by atoms with Crippen molar-refractivity contribution in [1.29, 1.82) is 0 Å². The van der Waals surface area contributed by atoms with Gasteiger partial charge in [-0.15, -0.1) is 0 Å². The van der Waals surface area contributed by atoms with E-state index in [9.17, 15) is 0 Å². The minimum Gasteiger partial charge on any atom is -0.288 e. The van der Waals surface area contributed by atoms with Crippen molar-refractivity contribution in [3.05, 3.63) is 40.7 Å². The number of hydrogen-bond acceptors (Lipinski definition) is 4. The Bertz CT molecular complexity index is 720. The molecule has 1 fully saturated rings. The van der Waals surface area contributed by atoms with Gasteiger partial charge in [0.05, 0.1) is 11.9 Å². The third kappa shape index (κ3) is 2.47. The van der Waals surface area contributed by atoms with Gasteiger partial charge in [0.1, 0.15) is 5.82 Å². The van der Waals surface area contributed by atoms with Gasteiger partial charge in [0.2, 0.25) is 0 Å². The highest BCUT2D eigenvalue weighted by Gasteiger charge is 2.40. The van der Waals surface area contributed by atoms with Gasteiger partial charge in [0, 0.05) is 54.6 Å². The molecule has 2 aliphatic rings. The molecule has 2 bridgehead atoms. The van der Waals surface area contributed by atoms with Crippen LogP contribution in [0.25, 0.3) is 0 Å². The Morgan fingerprint density at radius 1 is 1.22 bits per heavy atom. The van der Waals surface area contributed by atoms with Crippen LogP contribution in [0, 0.1) is 13.8 Å². The molecule has 5 heteroatoms. The van der Waals surface area contributed by atoms with E-state index in [1.54, 1.807) is 0 Å². The molecular formula is C18H25N5. The van der Waals surface area contributed by atoms with E-state index in [4.69, 9.17) is 0 Å². The van der Waals surface area contributed by atoms with Crippen molar-refractivity contribution in [2.45, 2.75) is 71.6 Å². The second-order valence-corrected chi connectivity index (χ2v) is 6.92. The van der Waals surface area contributed by atoms with Crippen molar-refractivity contribution in [2.24, 2.45) is 0 Å². The number of nitrogens with zero attached hydrogens (tertiary/aromatic N) is 5. The molecule has 0 aromatic carbocycles. The summed E-state index contributed by atoms with van der Waals surface area (Å²) in [5, 5.41) is 4.56. The first-order valence-corrected chi connectivity index (χ1v) is 8.76. The molecular weight excluding hydrogens is 286 g/mol. The molecule has 0 unspecified atom stereocenters. The standard InChI is InChI=1S/C18H25N5/c1-4-7-23-12(2)14(9-20-23)11-22-15-5-6-18(22)16-10-19-13(3)21-17(16)8-15/h9-10,15,18H,4-8,11H2,1-3H3/t15-,18-/m1/s1. The Balaban J connectivity index is 1.60. The number of fused-ring (bicyclic) bond motifs is 4. The summed E-state index contributed by atoms with van der Waals surface area (Å²) in [6.07, 6.45) is 8.81. The van der Waals surface area contributed by atoms with E-state index in [2.05, 4.69) is 50.9 Å². The monoisotopic (exact) mass is 311 g/mol. The number of rotatable bonds is 4. The Kier molecular flexibility index (Phi) is 3.68. The van der Waals surface area contributed by atoms with Gasteiger partial charge in [0.15, 0.2) is 0 Å². The molecule has 23 heavy (non-hydrogen) atoms. The smallest absolute Gasteiger partial charge is 0.125 e. The normalized spacial score (nSPS) is 23.3. The zero-order valence-corrected chi connectivity index (χ0v) is 14.3. The van der Waals surface area contributed by atoms with Crippen LogP contribution in [-0.2, 0) is 19.5 Å². The summed E-state index contributed by atoms with van der Waals surface area (Å²) < 4.78 is 2.14. The summed E-state index contributed by atoms with van der Waals surface area (Å²) in [6.45, 7) is 8.39. The quantitative estimate of drug-likeness (QED) is 0.871. The molecule has 5 nitrogen and oxygen atoms in total. The molecule has 2 atom stereocenters. The number of aromatic nitrogens is 4. The predicted octanol–water partition coefficient (Wildman–Crippen LogP) is 2.96. The van der Waals surface area contributed by atoms with Crippen molar-refractivity contribution >= 4 is 0 Å². The maximum atomic E-state index is 4.69. The molecule has 0 spiro atoms. The molecule has 0 saturated carbocycles. The highest BCUT2D eigenvalue weighted by Crippen LogP contribution is 2.43. The zero-order chi connectivity index (χ0) is 16.0. The Morgan fingerprint density at radius 2 is 2.09 bits per heavy atom. The first-order valence-electron chi connectivity index (χ1n) is 8.76. The van der Waals surface area contributed by atoms with Gasteiger partial charge in [0.25, 0.3) is 0 Å². The van der Waals surface area contributed by atoms with Crippen LogP contribution < -0.4 is 0 Å². The molecule has 122 valence electrons. The first kappa shape index (κ1) is 14.8. The Morgan fingerprint density at radius 3 is 2.91 bits per heavy atom. The van der Waals surface area contributed by atoms with Crippen molar-refractivity contribution in [1.82, 2.24) is 24.6 Å². The zero-order valence-electron chi connectivity index (χ0n) is 14.3. The van der Waals surface area contributed by atoms with E-state index >= 15 is 0 Å². The fourth-order valence-electron chi connectivity index (χ4n) is 4.19. The van der Waals surface area contributed by atoms with Gasteiger partial charge in [-0.05, 0) is 33.1 Å². The van der Waals surface area contributed by atoms with E-state index in [0.29, 0.717) is 12.1 Å². The number of hydrogen-bond donors (Lipinski definition) is 0. The van der Waals surface area contributed by atoms with Gasteiger partial charge in [-0.3, -0.25) is 9.58 Å². The molecule has 2 aromatic rings.